The Morgan fingerprint density at radius 3 is 2.36 bits per heavy atom. The molecule has 3 aliphatic rings. The van der Waals surface area contributed by atoms with Crippen LogP contribution in [0.2, 0.25) is 19.6 Å². The Hall–Kier alpha value is -1.12. The Morgan fingerprint density at radius 1 is 1.07 bits per heavy atom. The molecule has 0 bridgehead atoms. The van der Waals surface area contributed by atoms with Gasteiger partial charge in [0.05, 0.1) is 25.0 Å². The summed E-state index contributed by atoms with van der Waals surface area (Å²) in [5, 5.41) is -0.491. The minimum absolute atomic E-state index is 0.171. The van der Waals surface area contributed by atoms with Crippen LogP contribution in [-0.2, 0) is 28.5 Å². The number of fused-ring (bicyclic) bond motifs is 2. The average Bonchev–Trinajstić information content (AvgIpc) is 2.72. The highest BCUT2D eigenvalue weighted by molar-refractivity contribution is 6.79. The second-order valence-electron chi connectivity index (χ2n) is 10.1. The van der Waals surface area contributed by atoms with Crippen molar-refractivity contribution < 1.29 is 33.3 Å². The Labute approximate surface area is 168 Å². The summed E-state index contributed by atoms with van der Waals surface area (Å²) in [7, 11) is -1.95. The van der Waals surface area contributed by atoms with Gasteiger partial charge in [-0.05, 0) is 46.5 Å². The van der Waals surface area contributed by atoms with E-state index in [1.165, 1.54) is 6.92 Å². The monoisotopic (exact) mass is 414 g/mol. The maximum Gasteiger partial charge on any atom is 0.509 e. The minimum atomic E-state index is -1.95. The van der Waals surface area contributed by atoms with Crippen molar-refractivity contribution in [1.29, 1.82) is 0 Å². The molecule has 0 N–H and O–H groups in total. The molecule has 3 aliphatic heterocycles. The van der Waals surface area contributed by atoms with Gasteiger partial charge in [0, 0.05) is 6.92 Å². The second kappa shape index (κ2) is 6.99. The first-order valence-electron chi connectivity index (χ1n) is 10.2. The number of esters is 1. The summed E-state index contributed by atoms with van der Waals surface area (Å²) in [6.07, 6.45) is 1.25. The van der Waals surface area contributed by atoms with E-state index in [1.807, 2.05) is 20.8 Å². The van der Waals surface area contributed by atoms with Crippen LogP contribution in [0.4, 0.5) is 4.79 Å². The molecule has 3 fully saturated rings. The molecule has 0 aromatic carbocycles. The molecule has 5 atom stereocenters. The lowest BCUT2D eigenvalue weighted by molar-refractivity contribution is -0.213. The first-order chi connectivity index (χ1) is 12.8. The van der Waals surface area contributed by atoms with Crippen LogP contribution in [0.25, 0.3) is 0 Å². The van der Waals surface area contributed by atoms with Crippen LogP contribution in [0.3, 0.4) is 0 Å². The fraction of sp³-hybridized carbons (Fsp3) is 0.900. The number of ether oxygens (including phenoxy) is 5. The van der Waals surface area contributed by atoms with Crippen LogP contribution >= 0.6 is 0 Å². The van der Waals surface area contributed by atoms with Gasteiger partial charge in [0.1, 0.15) is 24.4 Å². The van der Waals surface area contributed by atoms with Gasteiger partial charge in [0.2, 0.25) is 0 Å². The van der Waals surface area contributed by atoms with Gasteiger partial charge in [-0.2, -0.15) is 0 Å². The van der Waals surface area contributed by atoms with Crippen molar-refractivity contribution in [1.82, 2.24) is 0 Å². The Kier molecular flexibility index (Phi) is 5.39. The zero-order valence-electron chi connectivity index (χ0n) is 18.1. The molecule has 0 saturated carbocycles. The van der Waals surface area contributed by atoms with Gasteiger partial charge in [-0.1, -0.05) is 19.6 Å². The highest BCUT2D eigenvalue weighted by Crippen LogP contribution is 2.49. The molecule has 3 rings (SSSR count). The van der Waals surface area contributed by atoms with E-state index >= 15 is 0 Å². The van der Waals surface area contributed by atoms with Gasteiger partial charge in [-0.25, -0.2) is 4.79 Å². The quantitative estimate of drug-likeness (QED) is 0.504. The van der Waals surface area contributed by atoms with E-state index in [-0.39, 0.29) is 30.9 Å². The molecular weight excluding hydrogens is 380 g/mol. The number of carbonyl (C=O) groups excluding carboxylic acids is 2. The lowest BCUT2D eigenvalue weighted by Crippen LogP contribution is -2.64. The van der Waals surface area contributed by atoms with E-state index in [2.05, 4.69) is 19.6 Å². The lowest BCUT2D eigenvalue weighted by Gasteiger charge is -2.49. The van der Waals surface area contributed by atoms with E-state index in [0.717, 1.165) is 6.42 Å². The van der Waals surface area contributed by atoms with Crippen LogP contribution in [0, 0.1) is 0 Å². The number of rotatable bonds is 2. The van der Waals surface area contributed by atoms with Crippen LogP contribution in [0.5, 0.6) is 0 Å². The Morgan fingerprint density at radius 2 is 1.75 bits per heavy atom. The van der Waals surface area contributed by atoms with Crippen LogP contribution < -0.4 is 0 Å². The normalized spacial score (nSPS) is 40.7. The van der Waals surface area contributed by atoms with Gasteiger partial charge in [-0.15, -0.1) is 0 Å². The Balaban J connectivity index is 2.00. The van der Waals surface area contributed by atoms with Gasteiger partial charge in [0.25, 0.3) is 0 Å². The van der Waals surface area contributed by atoms with E-state index in [1.54, 1.807) is 0 Å². The van der Waals surface area contributed by atoms with E-state index in [0.29, 0.717) is 19.3 Å². The number of carbonyl (C=O) groups is 2. The molecule has 7 nitrogen and oxygen atoms in total. The summed E-state index contributed by atoms with van der Waals surface area (Å²) in [5.41, 5.74) is -1.36. The lowest BCUT2D eigenvalue weighted by atomic mass is 9.92. The van der Waals surface area contributed by atoms with Crippen molar-refractivity contribution in [3.63, 3.8) is 0 Å². The summed E-state index contributed by atoms with van der Waals surface area (Å²) in [6.45, 7) is 14.3. The largest absolute Gasteiger partial charge is 0.509 e. The molecule has 28 heavy (non-hydrogen) atoms. The molecule has 8 heteroatoms. The van der Waals surface area contributed by atoms with Crippen molar-refractivity contribution in [2.45, 2.75) is 108 Å². The van der Waals surface area contributed by atoms with Crippen molar-refractivity contribution in [3.05, 3.63) is 0 Å². The van der Waals surface area contributed by atoms with E-state index in [4.69, 9.17) is 23.7 Å². The first kappa shape index (κ1) is 21.6. The molecule has 0 radical (unpaired) electrons. The number of hydrogen-bond donors (Lipinski definition) is 0. The maximum atomic E-state index is 11.8. The third kappa shape index (κ3) is 3.70. The van der Waals surface area contributed by atoms with Crippen molar-refractivity contribution in [3.8, 4) is 0 Å². The smallest absolute Gasteiger partial charge is 0.460 e. The SMILES string of the molecule is CC(=O)O[C@@H]1CC[C@]2([Si](C)(C)C)O[C@@H]3COC(=O)O[C@@]3(C)CC[C@H]2OC1(C)C. The molecule has 0 amide bonds. The van der Waals surface area contributed by atoms with E-state index < -0.39 is 30.7 Å². The standard InChI is InChI=1S/C20H34O7Si/c1-13(21)24-14-9-11-20(28(5,6)7)15(25-18(14,2)3)8-10-19(4)16(26-20)12-23-17(22)27-19/h14-16H,8-12H2,1-7H3/t14-,15-,16-,19+,20-/m1/s1. The highest BCUT2D eigenvalue weighted by Gasteiger charge is 2.61. The third-order valence-electron chi connectivity index (χ3n) is 6.70. The molecule has 0 aromatic rings. The van der Waals surface area contributed by atoms with Crippen molar-refractivity contribution in [2.24, 2.45) is 0 Å². The van der Waals surface area contributed by atoms with Gasteiger partial charge >= 0.3 is 12.1 Å². The van der Waals surface area contributed by atoms with Gasteiger partial charge < -0.3 is 23.7 Å². The van der Waals surface area contributed by atoms with Crippen molar-refractivity contribution in [2.75, 3.05) is 6.61 Å². The predicted molar refractivity (Wildman–Crippen MR) is 105 cm³/mol. The fourth-order valence-electron chi connectivity index (χ4n) is 4.90. The summed E-state index contributed by atoms with van der Waals surface area (Å²) < 4.78 is 29.9. The topological polar surface area (TPSA) is 80.3 Å². The predicted octanol–water partition coefficient (Wildman–Crippen LogP) is 3.60. The van der Waals surface area contributed by atoms with Crippen molar-refractivity contribution >= 4 is 20.2 Å². The third-order valence-corrected chi connectivity index (χ3v) is 9.93. The Bertz CT molecular complexity index is 643. The van der Waals surface area contributed by atoms with Crippen LogP contribution in [0.1, 0.15) is 53.4 Å². The molecule has 0 spiro atoms. The molecule has 3 saturated heterocycles. The number of cyclic esters (lactones) is 1. The molecule has 0 aliphatic carbocycles. The average molecular weight is 415 g/mol. The highest BCUT2D eigenvalue weighted by atomic mass is 28.3. The zero-order chi connectivity index (χ0) is 21.0. The second-order valence-corrected chi connectivity index (χ2v) is 15.5. The van der Waals surface area contributed by atoms with Gasteiger partial charge in [0.15, 0.2) is 0 Å². The molecule has 0 unspecified atom stereocenters. The first-order valence-corrected chi connectivity index (χ1v) is 13.7. The summed E-state index contributed by atoms with van der Waals surface area (Å²) in [6, 6.07) is 0. The van der Waals surface area contributed by atoms with Crippen LogP contribution in [0.15, 0.2) is 0 Å². The zero-order valence-corrected chi connectivity index (χ0v) is 19.1. The maximum absolute atomic E-state index is 11.8. The number of hydrogen-bond acceptors (Lipinski definition) is 7. The summed E-state index contributed by atoms with van der Waals surface area (Å²) in [4.78, 5) is 23.4. The molecule has 0 aromatic heterocycles. The minimum Gasteiger partial charge on any atom is -0.460 e. The molecular formula is C20H34O7Si. The van der Waals surface area contributed by atoms with Gasteiger partial charge in [-0.3, -0.25) is 4.79 Å². The van der Waals surface area contributed by atoms with E-state index in [9.17, 15) is 9.59 Å². The molecule has 160 valence electrons. The fourth-order valence-corrected chi connectivity index (χ4v) is 7.46. The molecule has 3 heterocycles. The summed E-state index contributed by atoms with van der Waals surface area (Å²) in [5.74, 6) is -0.299. The summed E-state index contributed by atoms with van der Waals surface area (Å²) >= 11 is 0. The van der Waals surface area contributed by atoms with Crippen LogP contribution in [-0.4, -0.2) is 61.5 Å².